The topological polar surface area (TPSA) is 80.2 Å². The van der Waals surface area contributed by atoms with Crippen LogP contribution < -0.4 is 10.2 Å². The minimum Gasteiger partial charge on any atom is -0.503 e. The average Bonchev–Trinajstić information content (AvgIpc) is 2.36. The molecule has 0 aliphatic rings. The SMILES string of the molecule is CCOC(=O)N/N=C/c1cc(Cl)c(O)c(OCC)c1. The maximum atomic E-state index is 11.0. The number of nitrogens with zero attached hydrogens (tertiary/aromatic N) is 1. The fraction of sp³-hybridized carbons (Fsp3) is 0.333. The van der Waals surface area contributed by atoms with Crippen molar-refractivity contribution in [2.75, 3.05) is 13.2 Å². The van der Waals surface area contributed by atoms with Crippen LogP contribution in [0.15, 0.2) is 17.2 Å². The molecule has 0 radical (unpaired) electrons. The van der Waals surface area contributed by atoms with Gasteiger partial charge in [-0.15, -0.1) is 0 Å². The number of rotatable bonds is 5. The lowest BCUT2D eigenvalue weighted by Crippen LogP contribution is -2.18. The van der Waals surface area contributed by atoms with Gasteiger partial charge in [0.25, 0.3) is 0 Å². The first-order valence-electron chi connectivity index (χ1n) is 5.69. The van der Waals surface area contributed by atoms with Crippen LogP contribution in [-0.4, -0.2) is 30.6 Å². The molecule has 7 heteroatoms. The third-order valence-corrected chi connectivity index (χ3v) is 2.28. The molecule has 1 aromatic rings. The standard InChI is InChI=1S/C12H15ClN2O4/c1-3-18-10-6-8(5-9(13)11(10)16)7-14-15-12(17)19-4-2/h5-7,16H,3-4H2,1-2H3,(H,15,17)/b14-7+. The Morgan fingerprint density at radius 1 is 1.47 bits per heavy atom. The maximum absolute atomic E-state index is 11.0. The molecule has 0 fully saturated rings. The number of nitrogens with one attached hydrogen (secondary N) is 1. The van der Waals surface area contributed by atoms with Crippen LogP contribution in [0.5, 0.6) is 11.5 Å². The molecule has 1 aromatic carbocycles. The minimum atomic E-state index is -0.645. The van der Waals surface area contributed by atoms with Gasteiger partial charge < -0.3 is 14.6 Å². The van der Waals surface area contributed by atoms with E-state index in [0.717, 1.165) is 0 Å². The molecule has 0 heterocycles. The molecule has 19 heavy (non-hydrogen) atoms. The average molecular weight is 287 g/mol. The highest BCUT2D eigenvalue weighted by Gasteiger charge is 2.08. The number of hydrogen-bond donors (Lipinski definition) is 2. The lowest BCUT2D eigenvalue weighted by atomic mass is 10.2. The van der Waals surface area contributed by atoms with Crippen molar-refractivity contribution in [2.45, 2.75) is 13.8 Å². The Morgan fingerprint density at radius 2 is 2.21 bits per heavy atom. The largest absolute Gasteiger partial charge is 0.503 e. The zero-order valence-corrected chi connectivity index (χ0v) is 11.4. The van der Waals surface area contributed by atoms with Gasteiger partial charge in [0.2, 0.25) is 0 Å². The molecule has 0 saturated carbocycles. The number of hydrazone groups is 1. The molecule has 0 spiro atoms. The van der Waals surface area contributed by atoms with Crippen LogP contribution in [0.4, 0.5) is 4.79 Å². The second-order valence-electron chi connectivity index (χ2n) is 3.37. The first-order chi connectivity index (χ1) is 9.08. The smallest absolute Gasteiger partial charge is 0.427 e. The molecule has 6 nitrogen and oxygen atoms in total. The van der Waals surface area contributed by atoms with Crippen molar-refractivity contribution in [3.8, 4) is 11.5 Å². The summed E-state index contributed by atoms with van der Waals surface area (Å²) in [6.07, 6.45) is 0.721. The van der Waals surface area contributed by atoms with E-state index in [9.17, 15) is 9.90 Å². The summed E-state index contributed by atoms with van der Waals surface area (Å²) >= 11 is 5.84. The Hall–Kier alpha value is -1.95. The summed E-state index contributed by atoms with van der Waals surface area (Å²) in [6, 6.07) is 3.05. The monoisotopic (exact) mass is 286 g/mol. The summed E-state index contributed by atoms with van der Waals surface area (Å²) in [6.45, 7) is 4.14. The third kappa shape index (κ3) is 4.67. The number of carbonyl (C=O) groups is 1. The second-order valence-corrected chi connectivity index (χ2v) is 3.78. The van der Waals surface area contributed by atoms with E-state index in [4.69, 9.17) is 16.3 Å². The summed E-state index contributed by atoms with van der Waals surface area (Å²) < 4.78 is 9.85. The molecule has 104 valence electrons. The first kappa shape index (κ1) is 15.1. The number of phenols is 1. The molecule has 0 atom stereocenters. The molecule has 0 unspecified atom stereocenters. The Balaban J connectivity index is 2.78. The zero-order valence-electron chi connectivity index (χ0n) is 10.6. The molecule has 0 saturated heterocycles. The molecular weight excluding hydrogens is 272 g/mol. The number of carbonyl (C=O) groups excluding carboxylic acids is 1. The van der Waals surface area contributed by atoms with Gasteiger partial charge in [0.15, 0.2) is 11.5 Å². The molecule has 1 amide bonds. The second kappa shape index (κ2) is 7.48. The summed E-state index contributed by atoms with van der Waals surface area (Å²) in [4.78, 5) is 11.0. The van der Waals surface area contributed by atoms with Crippen LogP contribution in [0.2, 0.25) is 5.02 Å². The number of hydrogen-bond acceptors (Lipinski definition) is 5. The lowest BCUT2D eigenvalue weighted by Gasteiger charge is -2.08. The quantitative estimate of drug-likeness (QED) is 0.644. The predicted octanol–water partition coefficient (Wildman–Crippen LogP) is 2.52. The summed E-state index contributed by atoms with van der Waals surface area (Å²) in [5.74, 6) is 0.131. The highest BCUT2D eigenvalue weighted by Crippen LogP contribution is 2.34. The van der Waals surface area contributed by atoms with Crippen LogP contribution in [0.3, 0.4) is 0 Å². The van der Waals surface area contributed by atoms with E-state index < -0.39 is 6.09 Å². The molecule has 0 aliphatic carbocycles. The van der Waals surface area contributed by atoms with Crippen molar-refractivity contribution in [3.05, 3.63) is 22.7 Å². The molecular formula is C12H15ClN2O4. The van der Waals surface area contributed by atoms with Crippen LogP contribution in [0, 0.1) is 0 Å². The van der Waals surface area contributed by atoms with Crippen molar-refractivity contribution >= 4 is 23.9 Å². The van der Waals surface area contributed by atoms with E-state index in [-0.39, 0.29) is 23.1 Å². The van der Waals surface area contributed by atoms with Crippen LogP contribution in [0.25, 0.3) is 0 Å². The van der Waals surface area contributed by atoms with Crippen molar-refractivity contribution in [1.82, 2.24) is 5.43 Å². The molecule has 0 aliphatic heterocycles. The van der Waals surface area contributed by atoms with E-state index in [1.807, 2.05) is 0 Å². The van der Waals surface area contributed by atoms with E-state index >= 15 is 0 Å². The highest BCUT2D eigenvalue weighted by molar-refractivity contribution is 6.32. The van der Waals surface area contributed by atoms with Crippen LogP contribution in [0.1, 0.15) is 19.4 Å². The third-order valence-electron chi connectivity index (χ3n) is 2.00. The van der Waals surface area contributed by atoms with Gasteiger partial charge in [-0.25, -0.2) is 10.2 Å². The number of benzene rings is 1. The van der Waals surface area contributed by atoms with Crippen LogP contribution in [-0.2, 0) is 4.74 Å². The van der Waals surface area contributed by atoms with Crippen molar-refractivity contribution < 1.29 is 19.4 Å². The van der Waals surface area contributed by atoms with Gasteiger partial charge in [-0.3, -0.25) is 0 Å². The van der Waals surface area contributed by atoms with E-state index in [2.05, 4.69) is 15.3 Å². The van der Waals surface area contributed by atoms with Crippen molar-refractivity contribution in [2.24, 2.45) is 5.10 Å². The Labute approximate surface area is 116 Å². The maximum Gasteiger partial charge on any atom is 0.427 e. The highest BCUT2D eigenvalue weighted by atomic mass is 35.5. The predicted molar refractivity (Wildman–Crippen MR) is 72.0 cm³/mol. The number of halogens is 1. The van der Waals surface area contributed by atoms with Gasteiger partial charge in [-0.05, 0) is 31.5 Å². The molecule has 0 bridgehead atoms. The number of ether oxygens (including phenoxy) is 2. The summed E-state index contributed by atoms with van der Waals surface area (Å²) in [5, 5.41) is 13.5. The Kier molecular flexibility index (Phi) is 5.95. The number of amides is 1. The van der Waals surface area contributed by atoms with Crippen molar-refractivity contribution in [1.29, 1.82) is 0 Å². The van der Waals surface area contributed by atoms with Crippen molar-refractivity contribution in [3.63, 3.8) is 0 Å². The van der Waals surface area contributed by atoms with E-state index in [1.165, 1.54) is 12.3 Å². The Bertz CT molecular complexity index is 477. The number of phenolic OH excluding ortho intramolecular Hbond substituents is 1. The van der Waals surface area contributed by atoms with Crippen LogP contribution >= 0.6 is 11.6 Å². The molecule has 2 N–H and O–H groups in total. The van der Waals surface area contributed by atoms with Gasteiger partial charge in [0.1, 0.15) is 0 Å². The zero-order chi connectivity index (χ0) is 14.3. The van der Waals surface area contributed by atoms with Gasteiger partial charge in [0, 0.05) is 0 Å². The van der Waals surface area contributed by atoms with Gasteiger partial charge in [-0.2, -0.15) is 5.10 Å². The molecule has 1 rings (SSSR count). The first-order valence-corrected chi connectivity index (χ1v) is 6.07. The van der Waals surface area contributed by atoms with Gasteiger partial charge >= 0.3 is 6.09 Å². The van der Waals surface area contributed by atoms with Gasteiger partial charge in [-0.1, -0.05) is 11.6 Å². The summed E-state index contributed by atoms with van der Waals surface area (Å²) in [7, 11) is 0. The summed E-state index contributed by atoms with van der Waals surface area (Å²) in [5.41, 5.74) is 2.75. The fourth-order valence-electron chi connectivity index (χ4n) is 1.26. The number of aromatic hydroxyl groups is 1. The molecule has 0 aromatic heterocycles. The lowest BCUT2D eigenvalue weighted by molar-refractivity contribution is 0.152. The van der Waals surface area contributed by atoms with E-state index in [0.29, 0.717) is 12.2 Å². The fourth-order valence-corrected chi connectivity index (χ4v) is 1.48. The van der Waals surface area contributed by atoms with E-state index in [1.54, 1.807) is 19.9 Å². The minimum absolute atomic E-state index is 0.126. The normalized spacial score (nSPS) is 10.5. The Morgan fingerprint density at radius 3 is 2.84 bits per heavy atom. The van der Waals surface area contributed by atoms with Gasteiger partial charge in [0.05, 0.1) is 24.5 Å².